The summed E-state index contributed by atoms with van der Waals surface area (Å²) in [6.45, 7) is 3.14. The number of benzene rings is 1. The molecule has 7 heteroatoms. The highest BCUT2D eigenvalue weighted by atomic mass is 16.5. The highest BCUT2D eigenvalue weighted by molar-refractivity contribution is 5.89. The van der Waals surface area contributed by atoms with E-state index in [0.29, 0.717) is 16.8 Å². The van der Waals surface area contributed by atoms with Gasteiger partial charge in [-0.05, 0) is 49.2 Å². The summed E-state index contributed by atoms with van der Waals surface area (Å²) in [5.41, 5.74) is 2.15. The minimum atomic E-state index is -1.05. The quantitative estimate of drug-likeness (QED) is 0.749. The lowest BCUT2D eigenvalue weighted by Gasteiger charge is -2.11. The summed E-state index contributed by atoms with van der Waals surface area (Å²) in [6.07, 6.45) is 0. The third-order valence-electron chi connectivity index (χ3n) is 3.55. The molecule has 0 saturated heterocycles. The van der Waals surface area contributed by atoms with Crippen LogP contribution in [0.25, 0.3) is 11.3 Å². The lowest BCUT2D eigenvalue weighted by atomic mass is 10.1. The van der Waals surface area contributed by atoms with Crippen molar-refractivity contribution < 1.29 is 24.5 Å². The van der Waals surface area contributed by atoms with Crippen molar-refractivity contribution in [3.63, 3.8) is 0 Å². The van der Waals surface area contributed by atoms with Gasteiger partial charge in [-0.3, -0.25) is 4.79 Å². The number of ether oxygens (including phenoxy) is 1. The fourth-order valence-electron chi connectivity index (χ4n) is 2.13. The number of aromatic nitrogens is 1. The summed E-state index contributed by atoms with van der Waals surface area (Å²) in [6, 6.07) is 8.50. The molecule has 0 amide bonds. The third-order valence-corrected chi connectivity index (χ3v) is 3.55. The molecule has 124 valence electrons. The SMILES string of the molecule is Cc1cc(-c2ccc(OCC(C)C(=O)O)c(C#N)c2)[nH]c1C(=O)O. The minimum absolute atomic E-state index is 0.0475. The first-order chi connectivity index (χ1) is 11.3. The Hall–Kier alpha value is -3.27. The van der Waals surface area contributed by atoms with Crippen LogP contribution in [0.1, 0.15) is 28.5 Å². The normalized spacial score (nSPS) is 11.5. The molecule has 2 aromatic rings. The molecule has 3 N–H and O–H groups in total. The molecule has 1 aromatic heterocycles. The van der Waals surface area contributed by atoms with Gasteiger partial charge in [-0.1, -0.05) is 0 Å². The standard InChI is InChI=1S/C17H16N2O5/c1-9-5-13(19-15(9)17(22)23)11-3-4-14(12(6-11)7-18)24-8-10(2)16(20)21/h3-6,10,19H,8H2,1-2H3,(H,20,21)(H,22,23). The predicted molar refractivity (Wildman–Crippen MR) is 84.9 cm³/mol. The van der Waals surface area contributed by atoms with Gasteiger partial charge in [0.05, 0.1) is 11.5 Å². The van der Waals surface area contributed by atoms with E-state index in [9.17, 15) is 14.9 Å². The van der Waals surface area contributed by atoms with E-state index >= 15 is 0 Å². The Morgan fingerprint density at radius 2 is 2.04 bits per heavy atom. The maximum atomic E-state index is 11.1. The second-order valence-electron chi connectivity index (χ2n) is 5.42. The van der Waals surface area contributed by atoms with Crippen molar-refractivity contribution in [2.45, 2.75) is 13.8 Å². The van der Waals surface area contributed by atoms with Crippen molar-refractivity contribution in [1.29, 1.82) is 5.26 Å². The van der Waals surface area contributed by atoms with E-state index in [1.54, 1.807) is 31.2 Å². The average Bonchev–Trinajstić information content (AvgIpc) is 2.94. The Morgan fingerprint density at radius 3 is 2.58 bits per heavy atom. The number of aryl methyl sites for hydroxylation is 1. The van der Waals surface area contributed by atoms with E-state index in [1.807, 2.05) is 6.07 Å². The molecule has 0 saturated carbocycles. The van der Waals surface area contributed by atoms with Gasteiger partial charge in [0.15, 0.2) is 0 Å². The average molecular weight is 328 g/mol. The fourth-order valence-corrected chi connectivity index (χ4v) is 2.13. The van der Waals surface area contributed by atoms with Crippen molar-refractivity contribution in [1.82, 2.24) is 4.98 Å². The first kappa shape index (κ1) is 17.1. The van der Waals surface area contributed by atoms with Crippen molar-refractivity contribution in [3.05, 3.63) is 41.1 Å². The molecule has 0 fully saturated rings. The van der Waals surface area contributed by atoms with Crippen molar-refractivity contribution in [2.24, 2.45) is 5.92 Å². The molecule has 0 spiro atoms. The number of aromatic amines is 1. The second kappa shape index (κ2) is 6.87. The number of aromatic carboxylic acids is 1. The van der Waals surface area contributed by atoms with Gasteiger partial charge in [-0.15, -0.1) is 0 Å². The molecule has 24 heavy (non-hydrogen) atoms. The lowest BCUT2D eigenvalue weighted by molar-refractivity contribution is -0.142. The zero-order valence-corrected chi connectivity index (χ0v) is 13.2. The van der Waals surface area contributed by atoms with Crippen LogP contribution in [0.4, 0.5) is 0 Å². The number of nitrogens with one attached hydrogen (secondary N) is 1. The molecule has 0 aliphatic carbocycles. The van der Waals surface area contributed by atoms with Crippen LogP contribution < -0.4 is 4.74 Å². The number of nitriles is 1. The summed E-state index contributed by atoms with van der Waals surface area (Å²) in [7, 11) is 0. The zero-order chi connectivity index (χ0) is 17.9. The van der Waals surface area contributed by atoms with E-state index < -0.39 is 17.9 Å². The smallest absolute Gasteiger partial charge is 0.352 e. The number of rotatable bonds is 6. The number of H-pyrrole nitrogens is 1. The molecule has 0 radical (unpaired) electrons. The molecular formula is C17H16N2O5. The Kier molecular flexibility index (Phi) is 4.90. The van der Waals surface area contributed by atoms with Crippen LogP contribution in [0.15, 0.2) is 24.3 Å². The van der Waals surface area contributed by atoms with E-state index in [-0.39, 0.29) is 23.6 Å². The molecule has 0 aliphatic heterocycles. The van der Waals surface area contributed by atoms with Gasteiger partial charge in [-0.25, -0.2) is 4.79 Å². The van der Waals surface area contributed by atoms with Gasteiger partial charge >= 0.3 is 11.9 Å². The topological polar surface area (TPSA) is 123 Å². The van der Waals surface area contributed by atoms with Gasteiger partial charge in [-0.2, -0.15) is 5.26 Å². The molecule has 0 aliphatic rings. The van der Waals surface area contributed by atoms with E-state index in [1.165, 1.54) is 6.92 Å². The minimum Gasteiger partial charge on any atom is -0.491 e. The highest BCUT2D eigenvalue weighted by Gasteiger charge is 2.15. The van der Waals surface area contributed by atoms with Crippen molar-refractivity contribution in [3.8, 4) is 23.1 Å². The molecule has 0 bridgehead atoms. The summed E-state index contributed by atoms with van der Waals surface area (Å²) < 4.78 is 5.40. The lowest BCUT2D eigenvalue weighted by Crippen LogP contribution is -2.18. The highest BCUT2D eigenvalue weighted by Crippen LogP contribution is 2.27. The molecule has 1 heterocycles. The van der Waals surface area contributed by atoms with Gasteiger partial charge in [0, 0.05) is 5.69 Å². The number of hydrogen-bond acceptors (Lipinski definition) is 4. The number of hydrogen-bond donors (Lipinski definition) is 3. The zero-order valence-electron chi connectivity index (χ0n) is 13.2. The fraction of sp³-hybridized carbons (Fsp3) is 0.235. The Bertz CT molecular complexity index is 832. The number of aliphatic carboxylic acids is 1. The summed E-state index contributed by atoms with van der Waals surface area (Å²) in [4.78, 5) is 24.7. The maximum Gasteiger partial charge on any atom is 0.352 e. The van der Waals surface area contributed by atoms with Crippen molar-refractivity contribution >= 4 is 11.9 Å². The summed E-state index contributed by atoms with van der Waals surface area (Å²) in [5.74, 6) is -2.44. The number of carboxylic acid groups (broad SMARTS) is 2. The second-order valence-corrected chi connectivity index (χ2v) is 5.42. The Labute approximate surface area is 138 Å². The van der Waals surface area contributed by atoms with E-state index in [0.717, 1.165) is 0 Å². The molecule has 1 aromatic carbocycles. The largest absolute Gasteiger partial charge is 0.491 e. The van der Waals surface area contributed by atoms with Crippen LogP contribution in [-0.4, -0.2) is 33.7 Å². The Balaban J connectivity index is 2.29. The Morgan fingerprint density at radius 1 is 1.33 bits per heavy atom. The molecule has 2 rings (SSSR count). The predicted octanol–water partition coefficient (Wildman–Crippen LogP) is 2.66. The monoisotopic (exact) mass is 328 g/mol. The molecule has 7 nitrogen and oxygen atoms in total. The van der Waals surface area contributed by atoms with Crippen LogP contribution in [0.2, 0.25) is 0 Å². The van der Waals surface area contributed by atoms with Crippen LogP contribution in [-0.2, 0) is 4.79 Å². The maximum absolute atomic E-state index is 11.1. The van der Waals surface area contributed by atoms with Gasteiger partial charge in [0.1, 0.15) is 24.1 Å². The van der Waals surface area contributed by atoms with E-state index in [2.05, 4.69) is 4.98 Å². The number of nitrogens with zero attached hydrogens (tertiary/aromatic N) is 1. The number of carboxylic acids is 2. The molecule has 1 unspecified atom stereocenters. The third kappa shape index (κ3) is 3.55. The van der Waals surface area contributed by atoms with Gasteiger partial charge < -0.3 is 19.9 Å². The molecule has 1 atom stereocenters. The van der Waals surface area contributed by atoms with Gasteiger partial charge in [0.2, 0.25) is 0 Å². The van der Waals surface area contributed by atoms with Crippen LogP contribution in [0, 0.1) is 24.2 Å². The van der Waals surface area contributed by atoms with Gasteiger partial charge in [0.25, 0.3) is 0 Å². The summed E-state index contributed by atoms with van der Waals surface area (Å²) in [5, 5.41) is 27.2. The first-order valence-corrected chi connectivity index (χ1v) is 7.16. The molecular weight excluding hydrogens is 312 g/mol. The van der Waals surface area contributed by atoms with Crippen LogP contribution >= 0.6 is 0 Å². The van der Waals surface area contributed by atoms with E-state index in [4.69, 9.17) is 14.9 Å². The summed E-state index contributed by atoms with van der Waals surface area (Å²) >= 11 is 0. The number of carbonyl (C=O) groups is 2. The van der Waals surface area contributed by atoms with Crippen LogP contribution in [0.3, 0.4) is 0 Å². The van der Waals surface area contributed by atoms with Crippen LogP contribution in [0.5, 0.6) is 5.75 Å². The van der Waals surface area contributed by atoms with Crippen molar-refractivity contribution in [2.75, 3.05) is 6.61 Å². The first-order valence-electron chi connectivity index (χ1n) is 7.16.